The fourth-order valence-electron chi connectivity index (χ4n) is 1.56. The number of alkyl halides is 6. The smallest absolute Gasteiger partial charge is 0.192 e. The predicted molar refractivity (Wildman–Crippen MR) is 50.6 cm³/mol. The van der Waals surface area contributed by atoms with Gasteiger partial charge >= 0.3 is 12.4 Å². The highest BCUT2D eigenvalue weighted by Crippen LogP contribution is 2.42. The summed E-state index contributed by atoms with van der Waals surface area (Å²) in [7, 11) is 0. The lowest BCUT2D eigenvalue weighted by atomic mass is 9.92. The minimum absolute atomic E-state index is 0.173. The zero-order valence-corrected chi connectivity index (χ0v) is 9.19. The number of halogens is 6. The lowest BCUT2D eigenvalue weighted by molar-refractivity contribution is -0.143. The minimum Gasteiger partial charge on any atom is -0.192 e. The topological polar surface area (TPSA) is 71.4 Å². The minimum atomic E-state index is -5.33. The van der Waals surface area contributed by atoms with Gasteiger partial charge in [-0.05, 0) is 6.07 Å². The molecule has 20 heavy (non-hydrogen) atoms. The highest BCUT2D eigenvalue weighted by atomic mass is 19.4. The average Bonchev–Trinajstić information content (AvgIpc) is 2.33. The van der Waals surface area contributed by atoms with E-state index < -0.39 is 40.2 Å². The second kappa shape index (κ2) is 4.75. The largest absolute Gasteiger partial charge is 0.418 e. The van der Waals surface area contributed by atoms with E-state index in [1.807, 2.05) is 0 Å². The zero-order chi connectivity index (χ0) is 15.7. The molecule has 0 saturated heterocycles. The summed E-state index contributed by atoms with van der Waals surface area (Å²) >= 11 is 0. The Hall–Kier alpha value is -2.73. The summed E-state index contributed by atoms with van der Waals surface area (Å²) in [6.07, 6.45) is -10.7. The van der Waals surface area contributed by atoms with Crippen molar-refractivity contribution in [3.63, 3.8) is 0 Å². The van der Waals surface area contributed by atoms with Gasteiger partial charge in [0.1, 0.15) is 6.07 Å². The van der Waals surface area contributed by atoms with Gasteiger partial charge in [0.25, 0.3) is 0 Å². The van der Waals surface area contributed by atoms with E-state index in [-0.39, 0.29) is 6.07 Å². The van der Waals surface area contributed by atoms with Crippen LogP contribution in [0.25, 0.3) is 0 Å². The van der Waals surface area contributed by atoms with Gasteiger partial charge in [-0.3, -0.25) is 0 Å². The van der Waals surface area contributed by atoms with Gasteiger partial charge in [-0.1, -0.05) is 0 Å². The Labute approximate surface area is 107 Å². The highest BCUT2D eigenvalue weighted by molar-refractivity contribution is 5.61. The van der Waals surface area contributed by atoms with Crippen LogP contribution < -0.4 is 0 Å². The highest BCUT2D eigenvalue weighted by Gasteiger charge is 2.45. The fraction of sp³-hybridized carbons (Fsp3) is 0.182. The van der Waals surface area contributed by atoms with Crippen LogP contribution in [0, 0.1) is 34.0 Å². The molecule has 1 rings (SSSR count). The zero-order valence-electron chi connectivity index (χ0n) is 9.19. The molecule has 0 unspecified atom stereocenters. The quantitative estimate of drug-likeness (QED) is 0.687. The van der Waals surface area contributed by atoms with Gasteiger partial charge in [0.2, 0.25) is 0 Å². The van der Waals surface area contributed by atoms with Gasteiger partial charge in [-0.2, -0.15) is 42.1 Å². The molecule has 0 spiro atoms. The van der Waals surface area contributed by atoms with Gasteiger partial charge in [0, 0.05) is 0 Å². The van der Waals surface area contributed by atoms with E-state index in [0.717, 1.165) is 18.2 Å². The first-order chi connectivity index (χ1) is 9.07. The number of rotatable bonds is 0. The molecule has 3 nitrogen and oxygen atoms in total. The van der Waals surface area contributed by atoms with Crippen LogP contribution in [0.3, 0.4) is 0 Å². The maximum absolute atomic E-state index is 12.7. The van der Waals surface area contributed by atoms with E-state index in [1.165, 1.54) is 0 Å². The third kappa shape index (κ3) is 2.50. The monoisotopic (exact) mass is 289 g/mol. The third-order valence-electron chi connectivity index (χ3n) is 2.25. The summed E-state index contributed by atoms with van der Waals surface area (Å²) in [5.41, 5.74) is -8.18. The van der Waals surface area contributed by atoms with E-state index in [4.69, 9.17) is 15.8 Å². The Balaban J connectivity index is 4.05. The van der Waals surface area contributed by atoms with E-state index in [1.54, 1.807) is 0 Å². The van der Waals surface area contributed by atoms with Crippen LogP contribution in [0.15, 0.2) is 6.07 Å². The molecule has 0 heterocycles. The van der Waals surface area contributed by atoms with Gasteiger partial charge in [0.05, 0.1) is 40.0 Å². The van der Waals surface area contributed by atoms with Crippen LogP contribution in [-0.4, -0.2) is 0 Å². The van der Waals surface area contributed by atoms with Crippen LogP contribution >= 0.6 is 0 Å². The van der Waals surface area contributed by atoms with Gasteiger partial charge in [-0.15, -0.1) is 0 Å². The number of nitrogens with zero attached hydrogens (tertiary/aromatic N) is 3. The molecule has 1 aromatic carbocycles. The molecule has 0 atom stereocenters. The Morgan fingerprint density at radius 2 is 1.05 bits per heavy atom. The molecule has 0 saturated carbocycles. The van der Waals surface area contributed by atoms with Gasteiger partial charge in [0.15, 0.2) is 0 Å². The molecule has 0 aliphatic carbocycles. The van der Waals surface area contributed by atoms with Gasteiger partial charge in [-0.25, -0.2) is 0 Å². The Morgan fingerprint density at radius 1 is 0.700 bits per heavy atom. The van der Waals surface area contributed by atoms with Crippen molar-refractivity contribution in [3.8, 4) is 18.2 Å². The Bertz CT molecular complexity index is 629. The molecule has 1 aromatic rings. The summed E-state index contributed by atoms with van der Waals surface area (Å²) in [5, 5.41) is 25.7. The maximum atomic E-state index is 12.7. The number of hydrogen-bond donors (Lipinski definition) is 0. The van der Waals surface area contributed by atoms with Crippen LogP contribution in [-0.2, 0) is 12.4 Å². The first-order valence-electron chi connectivity index (χ1n) is 4.63. The first-order valence-corrected chi connectivity index (χ1v) is 4.63. The van der Waals surface area contributed by atoms with E-state index in [2.05, 4.69) is 0 Å². The summed E-state index contributed by atoms with van der Waals surface area (Å²) in [6, 6.07) is 3.04. The Morgan fingerprint density at radius 3 is 1.25 bits per heavy atom. The van der Waals surface area contributed by atoms with Crippen molar-refractivity contribution < 1.29 is 26.3 Å². The molecular weight excluding hydrogens is 288 g/mol. The molecule has 102 valence electrons. The van der Waals surface area contributed by atoms with E-state index in [0.29, 0.717) is 0 Å². The molecule has 0 radical (unpaired) electrons. The van der Waals surface area contributed by atoms with Crippen molar-refractivity contribution in [1.82, 2.24) is 0 Å². The van der Waals surface area contributed by atoms with Crippen molar-refractivity contribution in [1.29, 1.82) is 15.8 Å². The second-order valence-corrected chi connectivity index (χ2v) is 3.43. The number of benzene rings is 1. The standard InChI is InChI=1S/C11HF6N3/c12-10(13,14)8-5(2-18)1-6(3-19)9(7(8)4-20)11(15,16)17/h1H. The molecule has 0 aliphatic heterocycles. The van der Waals surface area contributed by atoms with E-state index in [9.17, 15) is 26.3 Å². The summed E-state index contributed by atoms with van der Waals surface area (Å²) < 4.78 is 76.4. The normalized spacial score (nSPS) is 11.3. The first kappa shape index (κ1) is 15.3. The van der Waals surface area contributed by atoms with Crippen LogP contribution in [0.5, 0.6) is 0 Å². The Kier molecular flexibility index (Phi) is 3.64. The molecule has 0 aliphatic rings. The van der Waals surface area contributed by atoms with Crippen molar-refractivity contribution in [2.75, 3.05) is 0 Å². The van der Waals surface area contributed by atoms with Gasteiger partial charge < -0.3 is 0 Å². The summed E-state index contributed by atoms with van der Waals surface area (Å²) in [6.45, 7) is 0. The van der Waals surface area contributed by atoms with Crippen molar-refractivity contribution in [2.24, 2.45) is 0 Å². The molecule has 0 fully saturated rings. The maximum Gasteiger partial charge on any atom is 0.418 e. The van der Waals surface area contributed by atoms with Crippen molar-refractivity contribution in [3.05, 3.63) is 33.9 Å². The fourth-order valence-corrected chi connectivity index (χ4v) is 1.56. The molecular formula is C11HF6N3. The third-order valence-corrected chi connectivity index (χ3v) is 2.25. The molecule has 0 bridgehead atoms. The number of nitriles is 3. The molecule has 0 amide bonds. The van der Waals surface area contributed by atoms with Crippen LogP contribution in [0.4, 0.5) is 26.3 Å². The SMILES string of the molecule is N#Cc1cc(C#N)c(C(F)(F)F)c(C#N)c1C(F)(F)F. The molecule has 0 N–H and O–H groups in total. The van der Waals surface area contributed by atoms with E-state index >= 15 is 0 Å². The lowest BCUT2D eigenvalue weighted by Gasteiger charge is -2.17. The lowest BCUT2D eigenvalue weighted by Crippen LogP contribution is -2.18. The van der Waals surface area contributed by atoms with Crippen LogP contribution in [0.2, 0.25) is 0 Å². The molecule has 9 heteroatoms. The summed E-state index contributed by atoms with van der Waals surface area (Å²) in [5.74, 6) is 0. The summed E-state index contributed by atoms with van der Waals surface area (Å²) in [4.78, 5) is 0. The van der Waals surface area contributed by atoms with Crippen molar-refractivity contribution in [2.45, 2.75) is 12.4 Å². The average molecular weight is 289 g/mol. The second-order valence-electron chi connectivity index (χ2n) is 3.43. The van der Waals surface area contributed by atoms with Crippen LogP contribution in [0.1, 0.15) is 27.8 Å². The van der Waals surface area contributed by atoms with Crippen molar-refractivity contribution >= 4 is 0 Å². The predicted octanol–water partition coefficient (Wildman–Crippen LogP) is 3.34. The molecule has 0 aromatic heterocycles. The number of hydrogen-bond acceptors (Lipinski definition) is 3.